The number of rotatable bonds is 5. The lowest BCUT2D eigenvalue weighted by Gasteiger charge is -2.02. The van der Waals surface area contributed by atoms with Crippen molar-refractivity contribution >= 4 is 6.21 Å². The van der Waals surface area contributed by atoms with Crippen LogP contribution in [0.1, 0.15) is 30.9 Å². The van der Waals surface area contributed by atoms with E-state index in [9.17, 15) is 13.2 Å². The maximum Gasteiger partial charge on any atom is 0.389 e. The van der Waals surface area contributed by atoms with Gasteiger partial charge in [0.2, 0.25) is 0 Å². The molecule has 94 valence electrons. The molecule has 0 atom stereocenters. The molecule has 0 amide bonds. The molecule has 0 N–H and O–H groups in total. The molecular formula is C13H16F3N. The third-order valence-corrected chi connectivity index (χ3v) is 2.36. The molecule has 0 radical (unpaired) electrons. The van der Waals surface area contributed by atoms with Gasteiger partial charge in [0, 0.05) is 6.42 Å². The molecule has 1 nitrogen and oxygen atoms in total. The molecule has 17 heavy (non-hydrogen) atoms. The molecule has 0 heterocycles. The predicted molar refractivity (Wildman–Crippen MR) is 63.3 cm³/mol. The first-order valence-corrected chi connectivity index (χ1v) is 5.64. The van der Waals surface area contributed by atoms with E-state index < -0.39 is 12.6 Å². The fourth-order valence-corrected chi connectivity index (χ4v) is 1.44. The van der Waals surface area contributed by atoms with Gasteiger partial charge in [0.15, 0.2) is 0 Å². The minimum atomic E-state index is -4.09. The summed E-state index contributed by atoms with van der Waals surface area (Å²) in [5.41, 5.74) is 2.25. The maximum absolute atomic E-state index is 11.8. The average molecular weight is 243 g/mol. The highest BCUT2D eigenvalue weighted by molar-refractivity contribution is 5.57. The van der Waals surface area contributed by atoms with Crippen LogP contribution in [0.15, 0.2) is 29.3 Å². The van der Waals surface area contributed by atoms with E-state index in [1.807, 2.05) is 24.3 Å². The highest BCUT2D eigenvalue weighted by Crippen LogP contribution is 2.20. The van der Waals surface area contributed by atoms with Crippen molar-refractivity contribution in [2.24, 2.45) is 4.99 Å². The molecular weight excluding hydrogens is 227 g/mol. The van der Waals surface area contributed by atoms with Crippen LogP contribution in [0.25, 0.3) is 0 Å². The largest absolute Gasteiger partial charge is 0.389 e. The second-order valence-electron chi connectivity index (χ2n) is 3.85. The molecule has 0 unspecified atom stereocenters. The van der Waals surface area contributed by atoms with Gasteiger partial charge in [-0.1, -0.05) is 31.2 Å². The van der Waals surface area contributed by atoms with Crippen molar-refractivity contribution in [3.05, 3.63) is 35.4 Å². The molecule has 0 saturated carbocycles. The maximum atomic E-state index is 11.8. The topological polar surface area (TPSA) is 12.4 Å². The van der Waals surface area contributed by atoms with Gasteiger partial charge < -0.3 is 0 Å². The molecule has 0 aliphatic rings. The summed E-state index contributed by atoms with van der Waals surface area (Å²) >= 11 is 0. The molecule has 0 fully saturated rings. The molecule has 1 aromatic carbocycles. The lowest BCUT2D eigenvalue weighted by molar-refractivity contribution is -0.132. The summed E-state index contributed by atoms with van der Waals surface area (Å²) in [6.45, 7) is 2.51. The smallest absolute Gasteiger partial charge is 0.293 e. The van der Waals surface area contributed by atoms with E-state index in [-0.39, 0.29) is 6.42 Å². The number of alkyl halides is 3. The van der Waals surface area contributed by atoms with Crippen molar-refractivity contribution in [2.45, 2.75) is 38.9 Å². The first-order chi connectivity index (χ1) is 8.01. The van der Waals surface area contributed by atoms with Crippen LogP contribution in [0, 0.1) is 0 Å². The Balaban J connectivity index is 2.37. The average Bonchev–Trinajstić information content (AvgIpc) is 2.27. The third-order valence-electron chi connectivity index (χ3n) is 2.36. The number of aryl methyl sites for hydroxylation is 1. The third kappa shape index (κ3) is 6.09. The number of hydrogen-bond donors (Lipinski definition) is 0. The fourth-order valence-electron chi connectivity index (χ4n) is 1.44. The van der Waals surface area contributed by atoms with Crippen LogP contribution < -0.4 is 0 Å². The van der Waals surface area contributed by atoms with E-state index in [2.05, 4.69) is 11.9 Å². The molecule has 1 rings (SSSR count). The molecule has 0 aromatic heterocycles. The summed E-state index contributed by atoms with van der Waals surface area (Å²) in [6.07, 6.45) is -2.63. The Labute approximate surface area is 99.4 Å². The van der Waals surface area contributed by atoms with Crippen molar-refractivity contribution < 1.29 is 13.2 Å². The zero-order valence-corrected chi connectivity index (χ0v) is 9.80. The normalized spacial score (nSPS) is 12.2. The molecule has 0 bridgehead atoms. The van der Waals surface area contributed by atoms with Gasteiger partial charge in [-0.15, -0.1) is 0 Å². The van der Waals surface area contributed by atoms with E-state index >= 15 is 0 Å². The van der Waals surface area contributed by atoms with Gasteiger partial charge >= 0.3 is 6.18 Å². The molecule has 0 aliphatic heterocycles. The number of nitrogens with zero attached hydrogens (tertiary/aromatic N) is 1. The Bertz CT molecular complexity index is 369. The Morgan fingerprint density at radius 2 is 1.94 bits per heavy atom. The van der Waals surface area contributed by atoms with Crippen molar-refractivity contribution in [1.82, 2.24) is 0 Å². The van der Waals surface area contributed by atoms with E-state index in [0.29, 0.717) is 6.54 Å². The second kappa shape index (κ2) is 6.42. The standard InChI is InChI=1S/C13H16F3N/c1-2-11-5-3-6-12(9-11)10-17-8-4-7-13(14,15)16/h3,5-6,8-9H,2,4,7,10H2,1H3. The van der Waals surface area contributed by atoms with Crippen LogP contribution in [-0.2, 0) is 13.0 Å². The Morgan fingerprint density at radius 1 is 1.24 bits per heavy atom. The van der Waals surface area contributed by atoms with E-state index in [1.54, 1.807) is 0 Å². The van der Waals surface area contributed by atoms with Gasteiger partial charge in [0.25, 0.3) is 0 Å². The zero-order valence-electron chi connectivity index (χ0n) is 9.80. The predicted octanol–water partition coefficient (Wildman–Crippen LogP) is 4.16. The molecule has 4 heteroatoms. The van der Waals surface area contributed by atoms with Crippen LogP contribution in [0.5, 0.6) is 0 Å². The van der Waals surface area contributed by atoms with Gasteiger partial charge in [-0.2, -0.15) is 13.2 Å². The van der Waals surface area contributed by atoms with Gasteiger partial charge in [-0.25, -0.2) is 0 Å². The SMILES string of the molecule is CCc1cccc(CN=CCCC(F)(F)F)c1. The Hall–Kier alpha value is -1.32. The van der Waals surface area contributed by atoms with E-state index in [1.165, 1.54) is 11.8 Å². The minimum Gasteiger partial charge on any atom is -0.293 e. The lowest BCUT2D eigenvalue weighted by atomic mass is 10.1. The highest BCUT2D eigenvalue weighted by atomic mass is 19.4. The Morgan fingerprint density at radius 3 is 2.59 bits per heavy atom. The van der Waals surface area contributed by atoms with Crippen molar-refractivity contribution in [2.75, 3.05) is 0 Å². The zero-order chi connectivity index (χ0) is 12.7. The van der Waals surface area contributed by atoms with Crippen LogP contribution in [-0.4, -0.2) is 12.4 Å². The number of hydrogen-bond acceptors (Lipinski definition) is 1. The number of halogens is 3. The van der Waals surface area contributed by atoms with Gasteiger partial charge in [-0.3, -0.25) is 4.99 Å². The van der Waals surface area contributed by atoms with Crippen molar-refractivity contribution in [3.63, 3.8) is 0 Å². The van der Waals surface area contributed by atoms with Gasteiger partial charge in [0.05, 0.1) is 6.54 Å². The fraction of sp³-hybridized carbons (Fsp3) is 0.462. The molecule has 0 aliphatic carbocycles. The summed E-state index contributed by atoms with van der Waals surface area (Å²) in [5, 5.41) is 0. The van der Waals surface area contributed by atoms with Crippen LogP contribution in [0.3, 0.4) is 0 Å². The minimum absolute atomic E-state index is 0.0447. The lowest BCUT2D eigenvalue weighted by Crippen LogP contribution is -2.06. The van der Waals surface area contributed by atoms with Crippen LogP contribution in [0.4, 0.5) is 13.2 Å². The monoisotopic (exact) mass is 243 g/mol. The molecule has 0 saturated heterocycles. The number of benzene rings is 1. The van der Waals surface area contributed by atoms with Crippen LogP contribution in [0.2, 0.25) is 0 Å². The van der Waals surface area contributed by atoms with E-state index in [0.717, 1.165) is 12.0 Å². The molecule has 0 spiro atoms. The van der Waals surface area contributed by atoms with Crippen molar-refractivity contribution in [3.8, 4) is 0 Å². The van der Waals surface area contributed by atoms with Crippen LogP contribution >= 0.6 is 0 Å². The summed E-state index contributed by atoms with van der Waals surface area (Å²) in [4.78, 5) is 4.00. The van der Waals surface area contributed by atoms with Gasteiger partial charge in [-0.05, 0) is 30.2 Å². The quantitative estimate of drug-likeness (QED) is 0.688. The highest BCUT2D eigenvalue weighted by Gasteiger charge is 2.25. The summed E-state index contributed by atoms with van der Waals surface area (Å²) < 4.78 is 35.5. The summed E-state index contributed by atoms with van der Waals surface area (Å²) in [6, 6.07) is 7.93. The van der Waals surface area contributed by atoms with E-state index in [4.69, 9.17) is 0 Å². The summed E-state index contributed by atoms with van der Waals surface area (Å²) in [5.74, 6) is 0. The van der Waals surface area contributed by atoms with Crippen molar-refractivity contribution in [1.29, 1.82) is 0 Å². The first kappa shape index (κ1) is 13.7. The second-order valence-corrected chi connectivity index (χ2v) is 3.85. The van der Waals surface area contributed by atoms with Gasteiger partial charge in [0.1, 0.15) is 0 Å². The molecule has 1 aromatic rings. The Kier molecular flexibility index (Phi) is 5.19. The summed E-state index contributed by atoms with van der Waals surface area (Å²) in [7, 11) is 0. The number of aliphatic imine (C=N–C) groups is 1. The first-order valence-electron chi connectivity index (χ1n) is 5.64.